The molecule has 138 valence electrons. The van der Waals surface area contributed by atoms with Gasteiger partial charge in [-0.1, -0.05) is 13.8 Å². The maximum atomic E-state index is 12.0. The summed E-state index contributed by atoms with van der Waals surface area (Å²) in [4.78, 5) is 12.0. The van der Waals surface area contributed by atoms with E-state index < -0.39 is 29.9 Å². The number of hydrogen-bond donors (Lipinski definition) is 3. The summed E-state index contributed by atoms with van der Waals surface area (Å²) in [5.74, 6) is 0.402. The fourth-order valence-corrected chi connectivity index (χ4v) is 7.36. The van der Waals surface area contributed by atoms with E-state index in [0.29, 0.717) is 29.9 Å². The Morgan fingerprint density at radius 3 is 2.56 bits per heavy atom. The number of fused-ring (bicyclic) bond motifs is 6. The summed E-state index contributed by atoms with van der Waals surface area (Å²) >= 11 is 0. The SMILES string of the molecule is CC1=C2[C@@H](O)[C@@]3(O)[C@H](C[C@H]2OC1=O)[C@@]1(C)CC[C@H]2C[C@@]2(C)[C@H]1C[C@@H]3O. The Balaban J connectivity index is 1.62. The van der Waals surface area contributed by atoms with Crippen molar-refractivity contribution in [2.45, 2.75) is 76.8 Å². The second-order valence-corrected chi connectivity index (χ2v) is 9.81. The summed E-state index contributed by atoms with van der Waals surface area (Å²) in [5, 5.41) is 33.6. The highest BCUT2D eigenvalue weighted by Crippen LogP contribution is 2.74. The molecule has 1 heterocycles. The molecule has 0 aromatic carbocycles. The van der Waals surface area contributed by atoms with Crippen molar-refractivity contribution >= 4 is 5.97 Å². The minimum absolute atomic E-state index is 0.148. The summed E-state index contributed by atoms with van der Waals surface area (Å²) < 4.78 is 5.50. The molecule has 0 aromatic rings. The Bertz CT molecular complexity index is 700. The monoisotopic (exact) mass is 348 g/mol. The van der Waals surface area contributed by atoms with Crippen molar-refractivity contribution in [3.05, 3.63) is 11.1 Å². The number of aliphatic hydroxyl groups excluding tert-OH is 2. The van der Waals surface area contributed by atoms with Crippen molar-refractivity contribution < 1.29 is 24.9 Å². The zero-order valence-corrected chi connectivity index (χ0v) is 15.2. The summed E-state index contributed by atoms with van der Waals surface area (Å²) in [7, 11) is 0. The molecule has 5 aliphatic rings. The largest absolute Gasteiger partial charge is 0.454 e. The van der Waals surface area contributed by atoms with E-state index >= 15 is 0 Å². The van der Waals surface area contributed by atoms with Gasteiger partial charge in [-0.05, 0) is 61.7 Å². The maximum Gasteiger partial charge on any atom is 0.334 e. The van der Waals surface area contributed by atoms with Crippen molar-refractivity contribution in [2.75, 3.05) is 0 Å². The van der Waals surface area contributed by atoms with Gasteiger partial charge in [-0.25, -0.2) is 4.79 Å². The average Bonchev–Trinajstić information content (AvgIpc) is 3.15. The van der Waals surface area contributed by atoms with E-state index in [-0.39, 0.29) is 16.7 Å². The summed E-state index contributed by atoms with van der Waals surface area (Å²) in [5.41, 5.74) is -0.619. The minimum Gasteiger partial charge on any atom is -0.454 e. The average molecular weight is 348 g/mol. The topological polar surface area (TPSA) is 87.0 Å². The van der Waals surface area contributed by atoms with Crippen LogP contribution in [0.2, 0.25) is 0 Å². The number of hydrogen-bond acceptors (Lipinski definition) is 5. The van der Waals surface area contributed by atoms with Gasteiger partial charge in [0.15, 0.2) is 0 Å². The van der Waals surface area contributed by atoms with Gasteiger partial charge < -0.3 is 20.1 Å². The molecule has 0 amide bonds. The fourth-order valence-electron chi connectivity index (χ4n) is 7.36. The molecule has 5 heteroatoms. The summed E-state index contributed by atoms with van der Waals surface area (Å²) in [6, 6.07) is 0. The lowest BCUT2D eigenvalue weighted by Gasteiger charge is -2.63. The molecule has 0 saturated heterocycles. The van der Waals surface area contributed by atoms with Gasteiger partial charge in [0.1, 0.15) is 17.8 Å². The van der Waals surface area contributed by atoms with Crippen molar-refractivity contribution in [1.29, 1.82) is 0 Å². The van der Waals surface area contributed by atoms with Crippen LogP contribution >= 0.6 is 0 Å². The first kappa shape index (κ1) is 16.3. The first-order valence-electron chi connectivity index (χ1n) is 9.64. The van der Waals surface area contributed by atoms with Crippen LogP contribution in [0, 0.1) is 28.6 Å². The molecule has 25 heavy (non-hydrogen) atoms. The summed E-state index contributed by atoms with van der Waals surface area (Å²) in [6.45, 7) is 6.19. The zero-order valence-electron chi connectivity index (χ0n) is 15.2. The lowest BCUT2D eigenvalue weighted by Crippen LogP contribution is -2.71. The van der Waals surface area contributed by atoms with Crippen LogP contribution in [0.1, 0.15) is 52.9 Å². The van der Waals surface area contributed by atoms with Crippen LogP contribution < -0.4 is 0 Å². The molecule has 5 nitrogen and oxygen atoms in total. The molecule has 0 radical (unpaired) electrons. The molecule has 0 aromatic heterocycles. The van der Waals surface area contributed by atoms with Crippen LogP contribution in [0.3, 0.4) is 0 Å². The van der Waals surface area contributed by atoms with E-state index in [1.54, 1.807) is 6.92 Å². The van der Waals surface area contributed by atoms with Crippen LogP contribution in [0.4, 0.5) is 0 Å². The molecule has 0 spiro atoms. The lowest BCUT2D eigenvalue weighted by molar-refractivity contribution is -0.263. The van der Waals surface area contributed by atoms with Crippen LogP contribution in [0.15, 0.2) is 11.1 Å². The number of carbonyl (C=O) groups is 1. The van der Waals surface area contributed by atoms with Gasteiger partial charge in [0.25, 0.3) is 0 Å². The smallest absolute Gasteiger partial charge is 0.334 e. The van der Waals surface area contributed by atoms with Gasteiger partial charge in [-0.3, -0.25) is 0 Å². The Labute approximate surface area is 148 Å². The molecule has 4 fully saturated rings. The second kappa shape index (κ2) is 4.49. The standard InChI is InChI=1S/C20H28O5/c1-9-15-11(25-17(9)23)6-13-18(2)5-4-10-8-19(10,3)12(18)7-14(21)20(13,24)16(15)22/h10-14,16,21-22,24H,4-8H2,1-3H3/t10-,11+,12-,13+,14-,16+,18-,19+,20+/m0/s1. The number of carbonyl (C=O) groups excluding carboxylic acids is 1. The molecule has 5 rings (SSSR count). The van der Waals surface area contributed by atoms with Crippen molar-refractivity contribution in [2.24, 2.45) is 28.6 Å². The molecule has 9 atom stereocenters. The predicted octanol–water partition coefficient (Wildman–Crippen LogP) is 1.55. The molecule has 0 bridgehead atoms. The Hall–Kier alpha value is -0.910. The van der Waals surface area contributed by atoms with Gasteiger partial charge in [0.2, 0.25) is 0 Å². The van der Waals surface area contributed by atoms with Crippen LogP contribution in [-0.4, -0.2) is 45.2 Å². The zero-order chi connectivity index (χ0) is 17.9. The van der Waals surface area contributed by atoms with E-state index in [1.165, 1.54) is 6.42 Å². The van der Waals surface area contributed by atoms with Crippen molar-refractivity contribution in [3.63, 3.8) is 0 Å². The Morgan fingerprint density at radius 1 is 1.12 bits per heavy atom. The van der Waals surface area contributed by atoms with E-state index in [9.17, 15) is 20.1 Å². The third-order valence-corrected chi connectivity index (χ3v) is 8.95. The third-order valence-electron chi connectivity index (χ3n) is 8.95. The molecule has 0 unspecified atom stereocenters. The highest BCUT2D eigenvalue weighted by molar-refractivity contribution is 5.92. The van der Waals surface area contributed by atoms with Gasteiger partial charge in [0, 0.05) is 17.1 Å². The van der Waals surface area contributed by atoms with Crippen molar-refractivity contribution in [3.8, 4) is 0 Å². The van der Waals surface area contributed by atoms with Gasteiger partial charge >= 0.3 is 5.97 Å². The first-order chi connectivity index (χ1) is 11.6. The molecule has 3 N–H and O–H groups in total. The van der Waals surface area contributed by atoms with E-state index in [2.05, 4.69) is 13.8 Å². The maximum absolute atomic E-state index is 12.0. The van der Waals surface area contributed by atoms with Crippen molar-refractivity contribution in [1.82, 2.24) is 0 Å². The highest BCUT2D eigenvalue weighted by atomic mass is 16.6. The number of ether oxygens (including phenoxy) is 1. The minimum atomic E-state index is -1.59. The van der Waals surface area contributed by atoms with Crippen LogP contribution in [-0.2, 0) is 9.53 Å². The van der Waals surface area contributed by atoms with Crippen LogP contribution in [0.25, 0.3) is 0 Å². The quantitative estimate of drug-likeness (QED) is 0.578. The van der Waals surface area contributed by atoms with E-state index in [1.807, 2.05) is 0 Å². The normalized spacial score (nSPS) is 59.5. The highest BCUT2D eigenvalue weighted by Gasteiger charge is 2.73. The second-order valence-electron chi connectivity index (χ2n) is 9.81. The van der Waals surface area contributed by atoms with Crippen LogP contribution in [0.5, 0.6) is 0 Å². The number of esters is 1. The molecule has 4 saturated carbocycles. The fraction of sp³-hybridized carbons (Fsp3) is 0.850. The number of rotatable bonds is 0. The summed E-state index contributed by atoms with van der Waals surface area (Å²) in [6.07, 6.45) is 1.71. The van der Waals surface area contributed by atoms with E-state index in [4.69, 9.17) is 4.74 Å². The third kappa shape index (κ3) is 1.68. The van der Waals surface area contributed by atoms with E-state index in [0.717, 1.165) is 18.8 Å². The molecule has 4 aliphatic carbocycles. The molecule has 1 aliphatic heterocycles. The number of aliphatic hydroxyl groups is 3. The molecular formula is C20H28O5. The van der Waals surface area contributed by atoms with Gasteiger partial charge in [-0.15, -0.1) is 0 Å². The molecular weight excluding hydrogens is 320 g/mol. The Morgan fingerprint density at radius 2 is 1.84 bits per heavy atom. The van der Waals surface area contributed by atoms with Gasteiger partial charge in [0.05, 0.1) is 6.10 Å². The lowest BCUT2D eigenvalue weighted by atomic mass is 9.44. The predicted molar refractivity (Wildman–Crippen MR) is 89.3 cm³/mol. The Kier molecular flexibility index (Phi) is 2.92. The van der Waals surface area contributed by atoms with Gasteiger partial charge in [-0.2, -0.15) is 0 Å². The first-order valence-corrected chi connectivity index (χ1v) is 9.64.